The number of nitrogens with one attached hydrogen (secondary N) is 1. The predicted molar refractivity (Wildman–Crippen MR) is 101 cm³/mol. The Labute approximate surface area is 164 Å². The third-order valence-corrected chi connectivity index (χ3v) is 6.16. The van der Waals surface area contributed by atoms with Crippen molar-refractivity contribution in [2.24, 2.45) is 0 Å². The van der Waals surface area contributed by atoms with E-state index in [2.05, 4.69) is 9.88 Å². The molecule has 2 heterocycles. The molecule has 0 amide bonds. The molecule has 3 unspecified atom stereocenters. The molecule has 0 aliphatic carbocycles. The van der Waals surface area contributed by atoms with Crippen LogP contribution in [0.25, 0.3) is 0 Å². The van der Waals surface area contributed by atoms with Crippen molar-refractivity contribution >= 4 is 10.0 Å². The summed E-state index contributed by atoms with van der Waals surface area (Å²) in [6.07, 6.45) is 0.209. The lowest BCUT2D eigenvalue weighted by Crippen LogP contribution is -2.46. The largest absolute Gasteiger partial charge is 0.390 e. The SMILES string of the molecule is COCc1cc(CC2CCC(O)C(CNS(=O)(=O)c3ccc(C)cc3)O2)no1. The molecular weight excluding hydrogens is 384 g/mol. The molecule has 3 atom stereocenters. The third kappa shape index (κ3) is 5.39. The second kappa shape index (κ2) is 9.15. The van der Waals surface area contributed by atoms with Gasteiger partial charge in [-0.2, -0.15) is 0 Å². The molecule has 0 radical (unpaired) electrons. The number of aliphatic hydroxyl groups excluding tert-OH is 1. The number of benzene rings is 1. The van der Waals surface area contributed by atoms with Crippen LogP contribution in [0.2, 0.25) is 0 Å². The molecule has 0 saturated carbocycles. The van der Waals surface area contributed by atoms with Gasteiger partial charge in [0.2, 0.25) is 10.0 Å². The molecule has 1 saturated heterocycles. The standard InChI is InChI=1S/C19H26N2O6S/c1-13-3-6-17(7-4-13)28(23,24)20-11-19-18(22)8-5-15(26-19)9-14-10-16(12-25-2)27-21-14/h3-4,6-7,10,15,18-20,22H,5,8-9,11-12H2,1-2H3. The molecule has 0 bridgehead atoms. The first-order chi connectivity index (χ1) is 13.4. The van der Waals surface area contributed by atoms with Gasteiger partial charge in [-0.05, 0) is 31.9 Å². The van der Waals surface area contributed by atoms with Crippen molar-refractivity contribution < 1.29 is 27.5 Å². The molecule has 1 aromatic carbocycles. The number of hydrogen-bond donors (Lipinski definition) is 2. The van der Waals surface area contributed by atoms with E-state index in [1.165, 1.54) is 0 Å². The summed E-state index contributed by atoms with van der Waals surface area (Å²) in [6.45, 7) is 2.24. The molecule has 2 N–H and O–H groups in total. The predicted octanol–water partition coefficient (Wildman–Crippen LogP) is 1.56. The lowest BCUT2D eigenvalue weighted by molar-refractivity contribution is -0.113. The van der Waals surface area contributed by atoms with Crippen molar-refractivity contribution in [3.63, 3.8) is 0 Å². The van der Waals surface area contributed by atoms with Crippen LogP contribution in [0.3, 0.4) is 0 Å². The Morgan fingerprint density at radius 2 is 2.04 bits per heavy atom. The molecule has 9 heteroatoms. The fraction of sp³-hybridized carbons (Fsp3) is 0.526. The van der Waals surface area contributed by atoms with Gasteiger partial charge in [-0.1, -0.05) is 22.9 Å². The van der Waals surface area contributed by atoms with Crippen LogP contribution >= 0.6 is 0 Å². The van der Waals surface area contributed by atoms with Gasteiger partial charge in [0.1, 0.15) is 6.61 Å². The average molecular weight is 410 g/mol. The molecule has 1 aromatic heterocycles. The van der Waals surface area contributed by atoms with E-state index < -0.39 is 22.2 Å². The molecule has 28 heavy (non-hydrogen) atoms. The number of sulfonamides is 1. The van der Waals surface area contributed by atoms with Crippen molar-refractivity contribution in [2.45, 2.75) is 56.0 Å². The van der Waals surface area contributed by atoms with Crippen molar-refractivity contribution in [1.29, 1.82) is 0 Å². The Bertz CT molecular complexity index is 865. The summed E-state index contributed by atoms with van der Waals surface area (Å²) in [6, 6.07) is 8.41. The second-order valence-corrected chi connectivity index (χ2v) is 8.79. The molecule has 0 spiro atoms. The highest BCUT2D eigenvalue weighted by Gasteiger charge is 2.31. The Morgan fingerprint density at radius 3 is 2.75 bits per heavy atom. The van der Waals surface area contributed by atoms with E-state index in [1.54, 1.807) is 31.4 Å². The monoisotopic (exact) mass is 410 g/mol. The van der Waals surface area contributed by atoms with Crippen LogP contribution in [0, 0.1) is 6.92 Å². The lowest BCUT2D eigenvalue weighted by Gasteiger charge is -2.33. The molecule has 3 rings (SSSR count). The van der Waals surface area contributed by atoms with Gasteiger partial charge in [0.25, 0.3) is 0 Å². The lowest BCUT2D eigenvalue weighted by atomic mass is 9.98. The Balaban J connectivity index is 1.57. The maximum atomic E-state index is 12.4. The van der Waals surface area contributed by atoms with Crippen LogP contribution in [0.15, 0.2) is 39.8 Å². The van der Waals surface area contributed by atoms with Crippen LogP contribution in [0.1, 0.15) is 29.9 Å². The molecule has 8 nitrogen and oxygen atoms in total. The smallest absolute Gasteiger partial charge is 0.240 e. The first-order valence-corrected chi connectivity index (χ1v) is 10.7. The zero-order valence-electron chi connectivity index (χ0n) is 16.0. The van der Waals surface area contributed by atoms with Crippen LogP contribution in [0.4, 0.5) is 0 Å². The Kier molecular flexibility index (Phi) is 6.84. The molecule has 2 aromatic rings. The molecule has 1 fully saturated rings. The average Bonchev–Trinajstić information content (AvgIpc) is 3.10. The number of aromatic nitrogens is 1. The first-order valence-electron chi connectivity index (χ1n) is 9.20. The van der Waals surface area contributed by atoms with E-state index in [0.29, 0.717) is 31.6 Å². The minimum atomic E-state index is -3.66. The quantitative estimate of drug-likeness (QED) is 0.679. The number of nitrogens with zero attached hydrogens (tertiary/aromatic N) is 1. The van der Waals surface area contributed by atoms with Gasteiger partial charge in [-0.15, -0.1) is 0 Å². The van der Waals surface area contributed by atoms with Gasteiger partial charge in [0, 0.05) is 26.1 Å². The van der Waals surface area contributed by atoms with Gasteiger partial charge >= 0.3 is 0 Å². The summed E-state index contributed by atoms with van der Waals surface area (Å²) in [5, 5.41) is 14.2. The summed E-state index contributed by atoms with van der Waals surface area (Å²) < 4.78 is 43.5. The summed E-state index contributed by atoms with van der Waals surface area (Å²) in [4.78, 5) is 0.188. The van der Waals surface area contributed by atoms with E-state index in [1.807, 2.05) is 13.0 Å². The maximum Gasteiger partial charge on any atom is 0.240 e. The van der Waals surface area contributed by atoms with E-state index in [0.717, 1.165) is 11.3 Å². The number of aliphatic hydroxyl groups is 1. The molecule has 1 aliphatic heterocycles. The van der Waals surface area contributed by atoms with E-state index in [-0.39, 0.29) is 17.5 Å². The molecular formula is C19H26N2O6S. The Morgan fingerprint density at radius 1 is 1.29 bits per heavy atom. The highest BCUT2D eigenvalue weighted by atomic mass is 32.2. The zero-order valence-corrected chi connectivity index (χ0v) is 16.8. The van der Waals surface area contributed by atoms with Crippen LogP contribution in [-0.4, -0.2) is 50.6 Å². The van der Waals surface area contributed by atoms with Crippen LogP contribution in [0.5, 0.6) is 0 Å². The van der Waals surface area contributed by atoms with Gasteiger partial charge in [-0.3, -0.25) is 0 Å². The van der Waals surface area contributed by atoms with Gasteiger partial charge in [0.05, 0.1) is 28.9 Å². The molecule has 1 aliphatic rings. The van der Waals surface area contributed by atoms with Crippen molar-refractivity contribution in [3.05, 3.63) is 47.3 Å². The van der Waals surface area contributed by atoms with Gasteiger partial charge in [0.15, 0.2) is 5.76 Å². The zero-order chi connectivity index (χ0) is 20.1. The minimum Gasteiger partial charge on any atom is -0.390 e. The minimum absolute atomic E-state index is 0.00160. The van der Waals surface area contributed by atoms with Crippen molar-refractivity contribution in [2.75, 3.05) is 13.7 Å². The van der Waals surface area contributed by atoms with Crippen LogP contribution in [-0.2, 0) is 32.5 Å². The number of rotatable bonds is 8. The third-order valence-electron chi connectivity index (χ3n) is 4.72. The maximum absolute atomic E-state index is 12.4. The summed E-state index contributed by atoms with van der Waals surface area (Å²) in [5.74, 6) is 0.635. The first kappa shape index (κ1) is 20.9. The summed E-state index contributed by atoms with van der Waals surface area (Å²) >= 11 is 0. The molecule has 154 valence electrons. The highest BCUT2D eigenvalue weighted by Crippen LogP contribution is 2.23. The highest BCUT2D eigenvalue weighted by molar-refractivity contribution is 7.89. The number of ether oxygens (including phenoxy) is 2. The van der Waals surface area contributed by atoms with Crippen molar-refractivity contribution in [3.8, 4) is 0 Å². The van der Waals surface area contributed by atoms with Gasteiger partial charge in [-0.25, -0.2) is 13.1 Å². The fourth-order valence-electron chi connectivity index (χ4n) is 3.17. The fourth-order valence-corrected chi connectivity index (χ4v) is 4.22. The second-order valence-electron chi connectivity index (χ2n) is 7.03. The summed E-state index contributed by atoms with van der Waals surface area (Å²) in [5.41, 5.74) is 1.72. The Hall–Kier alpha value is -1.78. The summed E-state index contributed by atoms with van der Waals surface area (Å²) in [7, 11) is -2.08. The van der Waals surface area contributed by atoms with Crippen molar-refractivity contribution in [1.82, 2.24) is 9.88 Å². The number of aryl methyl sites for hydroxylation is 1. The number of methoxy groups -OCH3 is 1. The normalized spacial score (nSPS) is 23.0. The van der Waals surface area contributed by atoms with E-state index >= 15 is 0 Å². The number of hydrogen-bond acceptors (Lipinski definition) is 7. The topological polar surface area (TPSA) is 111 Å². The van der Waals surface area contributed by atoms with E-state index in [4.69, 9.17) is 14.0 Å². The van der Waals surface area contributed by atoms with E-state index in [9.17, 15) is 13.5 Å². The van der Waals surface area contributed by atoms with Crippen LogP contribution < -0.4 is 4.72 Å². The van der Waals surface area contributed by atoms with Gasteiger partial charge < -0.3 is 19.1 Å².